The largest absolute Gasteiger partial charge is 0.383 e. The molecule has 1 aromatic rings. The van der Waals surface area contributed by atoms with Gasteiger partial charge in [-0.05, 0) is 18.6 Å². The first-order valence-electron chi connectivity index (χ1n) is 6.39. The third kappa shape index (κ3) is 3.08. The molecule has 8 heteroatoms. The summed E-state index contributed by atoms with van der Waals surface area (Å²) in [6.45, 7) is 0.249. The van der Waals surface area contributed by atoms with E-state index >= 15 is 0 Å². The highest BCUT2D eigenvalue weighted by Crippen LogP contribution is 2.29. The molecule has 5 nitrogen and oxygen atoms in total. The second-order valence-corrected chi connectivity index (χ2v) is 6.69. The van der Waals surface area contributed by atoms with Gasteiger partial charge in [-0.1, -0.05) is 6.07 Å². The summed E-state index contributed by atoms with van der Waals surface area (Å²) in [7, 11) is -1.22. The number of nitrogens with zero attached hydrogens (tertiary/aromatic N) is 1. The lowest BCUT2D eigenvalue weighted by Gasteiger charge is -2.23. The molecule has 0 bridgehead atoms. The Morgan fingerprint density at radius 2 is 2.05 bits per heavy atom. The molecular weight excluding hydrogens is 304 g/mol. The maximum absolute atomic E-state index is 13.8. The van der Waals surface area contributed by atoms with Crippen LogP contribution in [-0.2, 0) is 19.5 Å². The van der Waals surface area contributed by atoms with Crippen molar-refractivity contribution < 1.29 is 26.7 Å². The number of methoxy groups -OCH3 is 2. The van der Waals surface area contributed by atoms with Crippen LogP contribution in [0.3, 0.4) is 0 Å². The number of hydrogen-bond donors (Lipinski definition) is 0. The maximum atomic E-state index is 13.8. The van der Waals surface area contributed by atoms with Crippen LogP contribution >= 0.6 is 0 Å². The smallest absolute Gasteiger partial charge is 0.246 e. The first kappa shape index (κ1) is 16.3. The van der Waals surface area contributed by atoms with Gasteiger partial charge in [0.05, 0.1) is 18.8 Å². The Kier molecular flexibility index (Phi) is 4.92. The van der Waals surface area contributed by atoms with Crippen molar-refractivity contribution in [3.63, 3.8) is 0 Å². The van der Waals surface area contributed by atoms with Crippen molar-refractivity contribution in [3.8, 4) is 0 Å². The molecule has 21 heavy (non-hydrogen) atoms. The zero-order chi connectivity index (χ0) is 15.6. The van der Waals surface area contributed by atoms with Crippen LogP contribution in [0.5, 0.6) is 0 Å². The summed E-state index contributed by atoms with van der Waals surface area (Å²) in [6, 6.07) is 2.63. The summed E-state index contributed by atoms with van der Waals surface area (Å²) < 4.78 is 63.5. The summed E-state index contributed by atoms with van der Waals surface area (Å²) in [5.74, 6) is -2.56. The van der Waals surface area contributed by atoms with E-state index in [0.717, 1.165) is 16.4 Å². The first-order valence-corrected chi connectivity index (χ1v) is 7.83. The van der Waals surface area contributed by atoms with E-state index in [4.69, 9.17) is 9.47 Å². The topological polar surface area (TPSA) is 55.8 Å². The van der Waals surface area contributed by atoms with Crippen molar-refractivity contribution >= 4 is 10.0 Å². The Morgan fingerprint density at radius 3 is 2.67 bits per heavy atom. The summed E-state index contributed by atoms with van der Waals surface area (Å²) in [6.07, 6.45) is 0.150. The fourth-order valence-electron chi connectivity index (χ4n) is 2.46. The summed E-state index contributed by atoms with van der Waals surface area (Å²) in [4.78, 5) is -0.666. The molecule has 1 aliphatic heterocycles. The van der Waals surface area contributed by atoms with Gasteiger partial charge in [0.1, 0.15) is 4.90 Å². The molecule has 118 valence electrons. The van der Waals surface area contributed by atoms with Crippen LogP contribution in [0.15, 0.2) is 23.1 Å². The lowest BCUT2D eigenvalue weighted by atomic mass is 10.2. The van der Waals surface area contributed by atoms with Crippen LogP contribution in [-0.4, -0.2) is 52.2 Å². The fourth-order valence-corrected chi connectivity index (χ4v) is 4.19. The van der Waals surface area contributed by atoms with Gasteiger partial charge in [0, 0.05) is 20.8 Å². The lowest BCUT2D eigenvalue weighted by Crippen LogP contribution is -2.38. The second-order valence-electron chi connectivity index (χ2n) is 4.83. The molecule has 0 aromatic heterocycles. The van der Waals surface area contributed by atoms with Gasteiger partial charge in [0.25, 0.3) is 0 Å². The molecule has 0 saturated carbocycles. The van der Waals surface area contributed by atoms with Gasteiger partial charge in [0.2, 0.25) is 10.0 Å². The Hall–Kier alpha value is -1.09. The lowest BCUT2D eigenvalue weighted by molar-refractivity contribution is 0.110. The number of sulfonamides is 1. The standard InChI is InChI=1S/C13H17F2NO4S/c1-19-8-9-6-10(20-2)7-16(9)21(17,18)12-5-3-4-11(14)13(12)15/h3-5,9-10H,6-8H2,1-2H3/t9-,10+/m0/s1. The summed E-state index contributed by atoms with van der Waals surface area (Å²) >= 11 is 0. The quantitative estimate of drug-likeness (QED) is 0.822. The van der Waals surface area contributed by atoms with Crippen molar-refractivity contribution in [3.05, 3.63) is 29.8 Å². The molecule has 1 heterocycles. The molecule has 1 fully saturated rings. The summed E-state index contributed by atoms with van der Waals surface area (Å²) in [5, 5.41) is 0. The van der Waals surface area contributed by atoms with Crippen LogP contribution in [0.2, 0.25) is 0 Å². The normalized spacial score (nSPS) is 23.6. The van der Waals surface area contributed by atoms with E-state index in [9.17, 15) is 17.2 Å². The van der Waals surface area contributed by atoms with E-state index in [0.29, 0.717) is 6.42 Å². The number of benzene rings is 1. The van der Waals surface area contributed by atoms with E-state index in [-0.39, 0.29) is 19.3 Å². The average Bonchev–Trinajstić information content (AvgIpc) is 2.86. The van der Waals surface area contributed by atoms with Gasteiger partial charge in [-0.2, -0.15) is 4.31 Å². The predicted molar refractivity (Wildman–Crippen MR) is 71.3 cm³/mol. The van der Waals surface area contributed by atoms with Gasteiger partial charge in [-0.25, -0.2) is 17.2 Å². The Balaban J connectivity index is 2.39. The Bertz CT molecular complexity index is 608. The van der Waals surface area contributed by atoms with Crippen LogP contribution < -0.4 is 0 Å². The van der Waals surface area contributed by atoms with Gasteiger partial charge in [0.15, 0.2) is 11.6 Å². The first-order chi connectivity index (χ1) is 9.91. The molecule has 2 atom stereocenters. The van der Waals surface area contributed by atoms with Crippen LogP contribution in [0.25, 0.3) is 0 Å². The van der Waals surface area contributed by atoms with E-state index < -0.39 is 32.6 Å². The minimum Gasteiger partial charge on any atom is -0.383 e. The fraction of sp³-hybridized carbons (Fsp3) is 0.538. The van der Waals surface area contributed by atoms with E-state index in [1.165, 1.54) is 20.3 Å². The highest BCUT2D eigenvalue weighted by molar-refractivity contribution is 7.89. The molecule has 1 aliphatic rings. The molecule has 0 unspecified atom stereocenters. The van der Waals surface area contributed by atoms with Crippen molar-refractivity contribution in [1.82, 2.24) is 4.31 Å². The monoisotopic (exact) mass is 321 g/mol. The predicted octanol–water partition coefficient (Wildman–Crippen LogP) is 1.39. The van der Waals surface area contributed by atoms with Crippen molar-refractivity contribution in [2.45, 2.75) is 23.5 Å². The van der Waals surface area contributed by atoms with Gasteiger partial charge < -0.3 is 9.47 Å². The minimum atomic E-state index is -4.15. The zero-order valence-electron chi connectivity index (χ0n) is 11.8. The molecule has 1 aromatic carbocycles. The third-order valence-electron chi connectivity index (χ3n) is 3.52. The summed E-state index contributed by atoms with van der Waals surface area (Å²) in [5.41, 5.74) is 0. The highest BCUT2D eigenvalue weighted by Gasteiger charge is 2.41. The highest BCUT2D eigenvalue weighted by atomic mass is 32.2. The van der Waals surface area contributed by atoms with Gasteiger partial charge in [-0.15, -0.1) is 0 Å². The van der Waals surface area contributed by atoms with Gasteiger partial charge >= 0.3 is 0 Å². The molecule has 1 saturated heterocycles. The Labute approximate surface area is 122 Å². The van der Waals surface area contributed by atoms with Crippen LogP contribution in [0.4, 0.5) is 8.78 Å². The average molecular weight is 321 g/mol. The minimum absolute atomic E-state index is 0.0861. The van der Waals surface area contributed by atoms with E-state index in [1.807, 2.05) is 0 Å². The third-order valence-corrected chi connectivity index (χ3v) is 5.46. The molecule has 2 rings (SSSR count). The number of halogens is 2. The molecular formula is C13H17F2NO4S. The second kappa shape index (κ2) is 6.35. The zero-order valence-corrected chi connectivity index (χ0v) is 12.6. The van der Waals surface area contributed by atoms with Gasteiger partial charge in [-0.3, -0.25) is 0 Å². The maximum Gasteiger partial charge on any atom is 0.246 e. The molecule has 0 spiro atoms. The molecule has 0 radical (unpaired) electrons. The number of hydrogen-bond acceptors (Lipinski definition) is 4. The number of rotatable bonds is 5. The van der Waals surface area contributed by atoms with Crippen LogP contribution in [0, 0.1) is 11.6 Å². The van der Waals surface area contributed by atoms with E-state index in [2.05, 4.69) is 0 Å². The van der Waals surface area contributed by atoms with E-state index in [1.54, 1.807) is 0 Å². The van der Waals surface area contributed by atoms with Crippen molar-refractivity contribution in [2.24, 2.45) is 0 Å². The molecule has 0 amide bonds. The van der Waals surface area contributed by atoms with Crippen LogP contribution in [0.1, 0.15) is 6.42 Å². The Morgan fingerprint density at radius 1 is 1.33 bits per heavy atom. The molecule has 0 N–H and O–H groups in total. The van der Waals surface area contributed by atoms with Crippen molar-refractivity contribution in [2.75, 3.05) is 27.4 Å². The molecule has 0 aliphatic carbocycles. The number of ether oxygens (including phenoxy) is 2. The van der Waals surface area contributed by atoms with Crippen molar-refractivity contribution in [1.29, 1.82) is 0 Å². The SMILES string of the molecule is COC[C@@H]1C[C@@H](OC)CN1S(=O)(=O)c1cccc(F)c1F.